The predicted molar refractivity (Wildman–Crippen MR) is 76.6 cm³/mol. The van der Waals surface area contributed by atoms with Gasteiger partial charge in [0.15, 0.2) is 5.82 Å². The van der Waals surface area contributed by atoms with Crippen molar-refractivity contribution in [2.24, 2.45) is 0 Å². The number of nitrogens with zero attached hydrogens (tertiary/aromatic N) is 3. The van der Waals surface area contributed by atoms with E-state index in [0.29, 0.717) is 11.9 Å². The Morgan fingerprint density at radius 1 is 1.26 bits per heavy atom. The molecule has 0 spiro atoms. The van der Waals surface area contributed by atoms with Crippen molar-refractivity contribution in [3.8, 4) is 5.88 Å². The molecule has 0 radical (unpaired) electrons. The van der Waals surface area contributed by atoms with Gasteiger partial charge in [0.05, 0.1) is 12.8 Å². The minimum atomic E-state index is 0.625. The lowest BCUT2D eigenvalue weighted by molar-refractivity contribution is 0.254. The third kappa shape index (κ3) is 2.23. The van der Waals surface area contributed by atoms with Gasteiger partial charge in [0, 0.05) is 31.2 Å². The number of nitrogens with two attached hydrogens (primary N) is 1. The van der Waals surface area contributed by atoms with Gasteiger partial charge < -0.3 is 15.4 Å². The van der Waals surface area contributed by atoms with E-state index in [2.05, 4.69) is 21.8 Å². The fourth-order valence-corrected chi connectivity index (χ4v) is 3.31. The third-order valence-corrected chi connectivity index (χ3v) is 4.54. The van der Waals surface area contributed by atoms with E-state index >= 15 is 0 Å². The normalized spacial score (nSPS) is 27.4. The molecule has 1 aromatic heterocycles. The van der Waals surface area contributed by atoms with Crippen LogP contribution in [0, 0.1) is 0 Å². The Morgan fingerprint density at radius 2 is 2.05 bits per heavy atom. The number of fused-ring (bicyclic) bond motifs is 2. The van der Waals surface area contributed by atoms with Crippen molar-refractivity contribution >= 4 is 11.5 Å². The zero-order valence-corrected chi connectivity index (χ0v) is 11.7. The molecule has 104 valence electrons. The molecule has 0 amide bonds. The second kappa shape index (κ2) is 4.89. The van der Waals surface area contributed by atoms with Gasteiger partial charge in [0.1, 0.15) is 0 Å². The number of pyridine rings is 1. The third-order valence-electron chi connectivity index (χ3n) is 4.54. The highest BCUT2D eigenvalue weighted by Crippen LogP contribution is 2.32. The minimum absolute atomic E-state index is 0.625. The highest BCUT2D eigenvalue weighted by molar-refractivity contribution is 5.63. The van der Waals surface area contributed by atoms with Gasteiger partial charge in [-0.3, -0.25) is 4.90 Å². The Kier molecular flexibility index (Phi) is 3.22. The maximum Gasteiger partial charge on any atom is 0.215 e. The minimum Gasteiger partial charge on any atom is -0.481 e. The number of nitrogen functional groups attached to an aromatic ring is 1. The summed E-state index contributed by atoms with van der Waals surface area (Å²) in [5, 5.41) is 0. The van der Waals surface area contributed by atoms with Crippen LogP contribution in [-0.2, 0) is 0 Å². The quantitative estimate of drug-likeness (QED) is 0.872. The maximum atomic E-state index is 6.09. The Balaban J connectivity index is 1.86. The van der Waals surface area contributed by atoms with E-state index in [4.69, 9.17) is 10.5 Å². The molecule has 3 heterocycles. The number of likely N-dealkylation sites (N-methyl/N-ethyl adjacent to an activating group) is 1. The van der Waals surface area contributed by atoms with Crippen LogP contribution in [0.1, 0.15) is 19.3 Å². The summed E-state index contributed by atoms with van der Waals surface area (Å²) < 4.78 is 5.21. The Hall–Kier alpha value is -1.49. The van der Waals surface area contributed by atoms with E-state index in [-0.39, 0.29) is 0 Å². The summed E-state index contributed by atoms with van der Waals surface area (Å²) in [6, 6.07) is 5.05. The van der Waals surface area contributed by atoms with Gasteiger partial charge in [-0.05, 0) is 32.4 Å². The first-order valence-electron chi connectivity index (χ1n) is 6.96. The van der Waals surface area contributed by atoms with E-state index in [0.717, 1.165) is 30.6 Å². The summed E-state index contributed by atoms with van der Waals surface area (Å²) in [5.74, 6) is 1.51. The van der Waals surface area contributed by atoms with Gasteiger partial charge in [0.25, 0.3) is 0 Å². The predicted octanol–water partition coefficient (Wildman–Crippen LogP) is 1.35. The molecule has 2 atom stereocenters. The molecule has 0 aromatic carbocycles. The number of hydrogen-bond acceptors (Lipinski definition) is 5. The van der Waals surface area contributed by atoms with Crippen molar-refractivity contribution in [2.45, 2.75) is 31.3 Å². The number of aromatic nitrogens is 1. The molecule has 2 unspecified atom stereocenters. The average Bonchev–Trinajstić information content (AvgIpc) is 2.65. The van der Waals surface area contributed by atoms with Gasteiger partial charge in [0.2, 0.25) is 5.88 Å². The SMILES string of the molecule is COc1ccc(N)c(N2CCC3CCC(C2)N3C)n1. The van der Waals surface area contributed by atoms with Crippen molar-refractivity contribution in [3.63, 3.8) is 0 Å². The molecule has 2 fully saturated rings. The monoisotopic (exact) mass is 262 g/mol. The van der Waals surface area contributed by atoms with Gasteiger partial charge in [-0.2, -0.15) is 4.98 Å². The van der Waals surface area contributed by atoms with Gasteiger partial charge in [-0.25, -0.2) is 0 Å². The molecule has 1 aromatic rings. The molecule has 5 heteroatoms. The first kappa shape index (κ1) is 12.5. The summed E-state index contributed by atoms with van der Waals surface area (Å²) in [5.41, 5.74) is 6.82. The molecule has 19 heavy (non-hydrogen) atoms. The molecular formula is C14H22N4O. The van der Waals surface area contributed by atoms with Crippen molar-refractivity contribution < 1.29 is 4.74 Å². The van der Waals surface area contributed by atoms with Crippen molar-refractivity contribution in [2.75, 3.05) is 37.9 Å². The maximum absolute atomic E-state index is 6.09. The Bertz CT molecular complexity index is 465. The Morgan fingerprint density at radius 3 is 2.84 bits per heavy atom. The summed E-state index contributed by atoms with van der Waals surface area (Å²) >= 11 is 0. The summed E-state index contributed by atoms with van der Waals surface area (Å²) in [7, 11) is 3.88. The second-order valence-corrected chi connectivity index (χ2v) is 5.55. The highest BCUT2D eigenvalue weighted by atomic mass is 16.5. The number of hydrogen-bond donors (Lipinski definition) is 1. The van der Waals surface area contributed by atoms with E-state index in [1.165, 1.54) is 19.3 Å². The molecule has 5 nitrogen and oxygen atoms in total. The molecule has 0 saturated carbocycles. The molecule has 2 aliphatic heterocycles. The Labute approximate surface area is 114 Å². The highest BCUT2D eigenvalue weighted by Gasteiger charge is 2.35. The number of rotatable bonds is 2. The van der Waals surface area contributed by atoms with Crippen LogP contribution in [0.4, 0.5) is 11.5 Å². The van der Waals surface area contributed by atoms with Gasteiger partial charge in [-0.15, -0.1) is 0 Å². The van der Waals surface area contributed by atoms with E-state index < -0.39 is 0 Å². The zero-order chi connectivity index (χ0) is 13.4. The molecular weight excluding hydrogens is 240 g/mol. The van der Waals surface area contributed by atoms with E-state index in [1.54, 1.807) is 7.11 Å². The van der Waals surface area contributed by atoms with Gasteiger partial charge >= 0.3 is 0 Å². The summed E-state index contributed by atoms with van der Waals surface area (Å²) in [4.78, 5) is 9.37. The number of methoxy groups -OCH3 is 1. The van der Waals surface area contributed by atoms with Crippen molar-refractivity contribution in [1.82, 2.24) is 9.88 Å². The zero-order valence-electron chi connectivity index (χ0n) is 11.7. The average molecular weight is 262 g/mol. The lowest BCUT2D eigenvalue weighted by atomic mass is 10.1. The number of anilines is 2. The smallest absolute Gasteiger partial charge is 0.215 e. The molecule has 2 aliphatic rings. The first-order chi connectivity index (χ1) is 9.19. The van der Waals surface area contributed by atoms with Crippen LogP contribution >= 0.6 is 0 Å². The standard InChI is InChI=1S/C14H22N4O/c1-17-10-3-4-11(17)9-18(8-7-10)14-12(15)5-6-13(16-14)19-2/h5-6,10-11H,3-4,7-9,15H2,1-2H3. The molecule has 3 rings (SSSR count). The molecule has 2 saturated heterocycles. The van der Waals surface area contributed by atoms with Crippen LogP contribution in [0.2, 0.25) is 0 Å². The van der Waals surface area contributed by atoms with Crippen LogP contribution in [0.15, 0.2) is 12.1 Å². The van der Waals surface area contributed by atoms with Crippen LogP contribution in [-0.4, -0.2) is 49.2 Å². The first-order valence-corrected chi connectivity index (χ1v) is 6.96. The molecule has 0 aliphatic carbocycles. The van der Waals surface area contributed by atoms with Gasteiger partial charge in [-0.1, -0.05) is 0 Å². The lowest BCUT2D eigenvalue weighted by Gasteiger charge is -2.27. The summed E-state index contributed by atoms with van der Waals surface area (Å²) in [6.07, 6.45) is 3.79. The van der Waals surface area contributed by atoms with Crippen LogP contribution in [0.25, 0.3) is 0 Å². The van der Waals surface area contributed by atoms with E-state index in [9.17, 15) is 0 Å². The van der Waals surface area contributed by atoms with E-state index in [1.807, 2.05) is 12.1 Å². The van der Waals surface area contributed by atoms with Crippen LogP contribution in [0.3, 0.4) is 0 Å². The fraction of sp³-hybridized carbons (Fsp3) is 0.643. The lowest BCUT2D eigenvalue weighted by Crippen LogP contribution is -2.37. The van der Waals surface area contributed by atoms with Crippen LogP contribution < -0.4 is 15.4 Å². The van der Waals surface area contributed by atoms with Crippen LogP contribution in [0.5, 0.6) is 5.88 Å². The van der Waals surface area contributed by atoms with Crippen molar-refractivity contribution in [3.05, 3.63) is 12.1 Å². The van der Waals surface area contributed by atoms with Crippen molar-refractivity contribution in [1.29, 1.82) is 0 Å². The molecule has 2 bridgehead atoms. The summed E-state index contributed by atoms with van der Waals surface area (Å²) in [6.45, 7) is 2.03. The fourth-order valence-electron chi connectivity index (χ4n) is 3.31. The second-order valence-electron chi connectivity index (χ2n) is 5.55. The topological polar surface area (TPSA) is 54.6 Å². The molecule has 2 N–H and O–H groups in total. The number of ether oxygens (including phenoxy) is 1. The largest absolute Gasteiger partial charge is 0.481 e.